The van der Waals surface area contributed by atoms with E-state index in [4.69, 9.17) is 5.41 Å². The van der Waals surface area contributed by atoms with E-state index in [1.165, 1.54) is 16.9 Å². The maximum Gasteiger partial charge on any atom is 0.261 e. The fraction of sp³-hybridized carbons (Fsp3) is 0.179. The predicted octanol–water partition coefficient (Wildman–Crippen LogP) is 6.57. The second-order valence-corrected chi connectivity index (χ2v) is 9.50. The molecule has 2 aromatic carbocycles. The van der Waals surface area contributed by atoms with E-state index in [1.807, 2.05) is 36.4 Å². The van der Waals surface area contributed by atoms with Crippen LogP contribution in [0.3, 0.4) is 0 Å². The maximum atomic E-state index is 13.3. The molecule has 1 atom stereocenters. The number of hydrogen-bond acceptors (Lipinski definition) is 5. The number of rotatable bonds is 8. The largest absolute Gasteiger partial charge is 0.508 e. The number of benzene rings is 2. The third-order valence-corrected chi connectivity index (χ3v) is 6.83. The van der Waals surface area contributed by atoms with Crippen LogP contribution in [0, 0.1) is 5.41 Å². The molecule has 1 unspecified atom stereocenters. The van der Waals surface area contributed by atoms with Crippen LogP contribution in [0.4, 0.5) is 0 Å². The number of nitrogens with one attached hydrogen (secondary N) is 2. The van der Waals surface area contributed by atoms with Crippen molar-refractivity contribution in [3.05, 3.63) is 107 Å². The van der Waals surface area contributed by atoms with Crippen molar-refractivity contribution in [3.63, 3.8) is 0 Å². The van der Waals surface area contributed by atoms with Gasteiger partial charge in [-0.3, -0.25) is 9.78 Å². The van der Waals surface area contributed by atoms with E-state index in [1.54, 1.807) is 36.7 Å². The van der Waals surface area contributed by atoms with Gasteiger partial charge in [-0.15, -0.1) is 11.3 Å². The number of phenols is 1. The summed E-state index contributed by atoms with van der Waals surface area (Å²) in [7, 11) is 0. The number of para-hydroxylation sites is 1. The van der Waals surface area contributed by atoms with Gasteiger partial charge >= 0.3 is 0 Å². The number of carbonyl (C=O) groups is 1. The van der Waals surface area contributed by atoms with Gasteiger partial charge < -0.3 is 15.8 Å². The minimum atomic E-state index is -0.560. The van der Waals surface area contributed by atoms with E-state index in [0.717, 1.165) is 10.4 Å². The standard InChI is InChI=1S/C28H27N3O2S/c1-18(2)20-9-3-4-10-21(20)26-13-14-27(34-26)28(33)31-24(22-11-5-6-12-25(22)32)16-23(29)19-8-7-15-30-17-19/h3-15,17-18,24,29,32H,16H2,1-2H3,(H,31,33). The lowest BCUT2D eigenvalue weighted by Gasteiger charge is -2.20. The van der Waals surface area contributed by atoms with Crippen molar-refractivity contribution >= 4 is 23.0 Å². The average molecular weight is 470 g/mol. The van der Waals surface area contributed by atoms with Crippen LogP contribution in [-0.4, -0.2) is 21.7 Å². The van der Waals surface area contributed by atoms with E-state index in [-0.39, 0.29) is 18.1 Å². The molecule has 2 heterocycles. The number of pyridine rings is 1. The summed E-state index contributed by atoms with van der Waals surface area (Å²) >= 11 is 1.44. The van der Waals surface area contributed by atoms with Crippen LogP contribution in [0.5, 0.6) is 5.75 Å². The normalized spacial score (nSPS) is 11.9. The highest BCUT2D eigenvalue weighted by molar-refractivity contribution is 7.17. The molecule has 0 saturated heterocycles. The molecule has 5 nitrogen and oxygen atoms in total. The summed E-state index contributed by atoms with van der Waals surface area (Å²) in [4.78, 5) is 19.0. The fourth-order valence-corrected chi connectivity index (χ4v) is 4.90. The molecule has 6 heteroatoms. The highest BCUT2D eigenvalue weighted by atomic mass is 32.1. The van der Waals surface area contributed by atoms with Crippen LogP contribution < -0.4 is 5.32 Å². The van der Waals surface area contributed by atoms with E-state index in [0.29, 0.717) is 27.6 Å². The number of thiophene rings is 1. The van der Waals surface area contributed by atoms with E-state index < -0.39 is 6.04 Å². The zero-order valence-electron chi connectivity index (χ0n) is 19.2. The van der Waals surface area contributed by atoms with Crippen molar-refractivity contribution < 1.29 is 9.90 Å². The first-order valence-electron chi connectivity index (χ1n) is 11.2. The van der Waals surface area contributed by atoms with Crippen LogP contribution >= 0.6 is 11.3 Å². The van der Waals surface area contributed by atoms with Gasteiger partial charge in [-0.25, -0.2) is 0 Å². The molecular weight excluding hydrogens is 442 g/mol. The Labute approximate surface area is 203 Å². The molecular formula is C28H27N3O2S. The van der Waals surface area contributed by atoms with Crippen LogP contribution in [0.15, 0.2) is 85.2 Å². The third-order valence-electron chi connectivity index (χ3n) is 5.71. The lowest BCUT2D eigenvalue weighted by molar-refractivity contribution is 0.0941. The van der Waals surface area contributed by atoms with Crippen molar-refractivity contribution in [2.24, 2.45) is 0 Å². The number of phenolic OH excluding ortho intramolecular Hbond substituents is 1. The minimum absolute atomic E-state index is 0.0875. The Morgan fingerprint density at radius 3 is 2.44 bits per heavy atom. The molecule has 0 aliphatic rings. The topological polar surface area (TPSA) is 86.1 Å². The predicted molar refractivity (Wildman–Crippen MR) is 138 cm³/mol. The summed E-state index contributed by atoms with van der Waals surface area (Å²) in [6.07, 6.45) is 3.51. The van der Waals surface area contributed by atoms with Crippen molar-refractivity contribution in [3.8, 4) is 16.2 Å². The summed E-state index contributed by atoms with van der Waals surface area (Å²) in [5.74, 6) is 0.231. The Hall–Kier alpha value is -3.77. The second kappa shape index (κ2) is 10.4. The highest BCUT2D eigenvalue weighted by Gasteiger charge is 2.22. The smallest absolute Gasteiger partial charge is 0.261 e. The van der Waals surface area contributed by atoms with Gasteiger partial charge in [-0.05, 0) is 41.3 Å². The van der Waals surface area contributed by atoms with Crippen molar-refractivity contribution in [2.45, 2.75) is 32.2 Å². The van der Waals surface area contributed by atoms with Gasteiger partial charge in [0.1, 0.15) is 5.75 Å². The first-order valence-corrected chi connectivity index (χ1v) is 12.0. The molecule has 2 aromatic heterocycles. The van der Waals surface area contributed by atoms with Gasteiger partial charge in [0.2, 0.25) is 0 Å². The lowest BCUT2D eigenvalue weighted by Crippen LogP contribution is -2.29. The van der Waals surface area contributed by atoms with Gasteiger partial charge in [-0.1, -0.05) is 62.4 Å². The van der Waals surface area contributed by atoms with Crippen LogP contribution in [0.25, 0.3) is 10.4 Å². The van der Waals surface area contributed by atoms with Crippen molar-refractivity contribution in [2.75, 3.05) is 0 Å². The quantitative estimate of drug-likeness (QED) is 0.255. The highest BCUT2D eigenvalue weighted by Crippen LogP contribution is 2.34. The van der Waals surface area contributed by atoms with Gasteiger partial charge in [-0.2, -0.15) is 0 Å². The number of aromatic nitrogens is 1. The molecule has 0 radical (unpaired) electrons. The SMILES string of the molecule is CC(C)c1ccccc1-c1ccc(C(=O)NC(CC(=N)c2cccnc2)c2ccccc2O)s1. The number of nitrogens with zero attached hydrogens (tertiary/aromatic N) is 1. The van der Waals surface area contributed by atoms with Gasteiger partial charge in [0.15, 0.2) is 0 Å². The molecule has 0 saturated carbocycles. The summed E-state index contributed by atoms with van der Waals surface area (Å²) < 4.78 is 0. The monoisotopic (exact) mass is 469 g/mol. The van der Waals surface area contributed by atoms with Crippen LogP contribution in [0.1, 0.15) is 58.6 Å². The summed E-state index contributed by atoms with van der Waals surface area (Å²) in [6.45, 7) is 4.32. The van der Waals surface area contributed by atoms with Crippen LogP contribution in [0.2, 0.25) is 0 Å². The molecule has 0 aliphatic heterocycles. The van der Waals surface area contributed by atoms with Gasteiger partial charge in [0, 0.05) is 40.5 Å². The maximum absolute atomic E-state index is 13.3. The summed E-state index contributed by atoms with van der Waals surface area (Å²) in [5, 5.41) is 22.0. The summed E-state index contributed by atoms with van der Waals surface area (Å²) in [5.41, 5.74) is 3.97. The molecule has 1 amide bonds. The summed E-state index contributed by atoms with van der Waals surface area (Å²) in [6, 6.07) is 22.0. The molecule has 0 aliphatic carbocycles. The van der Waals surface area contributed by atoms with E-state index in [9.17, 15) is 9.90 Å². The molecule has 0 bridgehead atoms. The molecule has 4 rings (SSSR count). The van der Waals surface area contributed by atoms with E-state index in [2.05, 4.69) is 36.3 Å². The third kappa shape index (κ3) is 5.24. The number of hydrogen-bond donors (Lipinski definition) is 3. The van der Waals surface area contributed by atoms with Crippen molar-refractivity contribution in [1.82, 2.24) is 10.3 Å². The van der Waals surface area contributed by atoms with Gasteiger partial charge in [0.05, 0.1) is 10.9 Å². The van der Waals surface area contributed by atoms with Crippen molar-refractivity contribution in [1.29, 1.82) is 5.41 Å². The molecule has 3 N–H and O–H groups in total. The lowest BCUT2D eigenvalue weighted by atomic mass is 9.96. The number of aromatic hydroxyl groups is 1. The second-order valence-electron chi connectivity index (χ2n) is 8.42. The first kappa shape index (κ1) is 23.4. The number of carbonyl (C=O) groups excluding carboxylic acids is 1. The average Bonchev–Trinajstić information content (AvgIpc) is 3.35. The number of amides is 1. The first-order chi connectivity index (χ1) is 16.4. The minimum Gasteiger partial charge on any atom is -0.508 e. The Morgan fingerprint density at radius 1 is 1.00 bits per heavy atom. The Balaban J connectivity index is 1.59. The molecule has 172 valence electrons. The Kier molecular flexibility index (Phi) is 7.18. The molecule has 34 heavy (non-hydrogen) atoms. The molecule has 0 spiro atoms. The Bertz CT molecular complexity index is 1300. The van der Waals surface area contributed by atoms with E-state index >= 15 is 0 Å². The Morgan fingerprint density at radius 2 is 1.74 bits per heavy atom. The van der Waals surface area contributed by atoms with Gasteiger partial charge in [0.25, 0.3) is 5.91 Å². The zero-order chi connectivity index (χ0) is 24.1. The molecule has 0 fully saturated rings. The fourth-order valence-electron chi connectivity index (χ4n) is 3.94. The van der Waals surface area contributed by atoms with Crippen LogP contribution in [-0.2, 0) is 0 Å². The zero-order valence-corrected chi connectivity index (χ0v) is 20.0. The molecule has 4 aromatic rings.